The number of nitrogens with zero attached hydrogens (tertiary/aromatic N) is 2. The van der Waals surface area contributed by atoms with Gasteiger partial charge in [0.15, 0.2) is 0 Å². The molecule has 11 heteroatoms. The maximum absolute atomic E-state index is 13.2. The number of benzene rings is 2. The highest BCUT2D eigenvalue weighted by Crippen LogP contribution is 2.33. The first-order valence-electron chi connectivity index (χ1n) is 8.26. The second kappa shape index (κ2) is 7.59. The van der Waals surface area contributed by atoms with Crippen LogP contribution in [0.25, 0.3) is 0 Å². The van der Waals surface area contributed by atoms with Crippen LogP contribution in [0.1, 0.15) is 12.5 Å². The van der Waals surface area contributed by atoms with Gasteiger partial charge in [0, 0.05) is 10.0 Å². The molecule has 1 fully saturated rings. The average molecular weight is 465 g/mol. The predicted octanol–water partition coefficient (Wildman–Crippen LogP) is 2.90. The molecule has 9 nitrogen and oxygen atoms in total. The van der Waals surface area contributed by atoms with Gasteiger partial charge in [-0.3, -0.25) is 24.6 Å². The van der Waals surface area contributed by atoms with Crippen LogP contribution in [-0.2, 0) is 15.1 Å². The first-order chi connectivity index (χ1) is 13.6. The van der Waals surface area contributed by atoms with Gasteiger partial charge in [0.25, 0.3) is 11.6 Å². The van der Waals surface area contributed by atoms with E-state index in [1.165, 1.54) is 6.92 Å². The number of amides is 4. The van der Waals surface area contributed by atoms with E-state index in [2.05, 4.69) is 26.6 Å². The standard InChI is InChI=1S/C18H14BrFN4O5/c1-18(11-4-2-3-5-12(11)19)16(26)23(17(27)22-18)9-15(25)21-13-7-6-10(20)8-14(13)24(28)29/h2-8H,9H2,1H3,(H,21,25)(H,22,27)/t18-/m0/s1. The quantitative estimate of drug-likeness (QED) is 0.400. The van der Waals surface area contributed by atoms with Crippen molar-refractivity contribution in [2.24, 2.45) is 0 Å². The number of carbonyl (C=O) groups excluding carboxylic acids is 3. The van der Waals surface area contributed by atoms with Crippen LogP contribution in [0, 0.1) is 15.9 Å². The molecule has 0 bridgehead atoms. The topological polar surface area (TPSA) is 122 Å². The lowest BCUT2D eigenvalue weighted by atomic mass is 9.92. The van der Waals surface area contributed by atoms with Crippen LogP contribution in [0.4, 0.5) is 20.6 Å². The van der Waals surface area contributed by atoms with E-state index in [0.29, 0.717) is 21.0 Å². The fourth-order valence-electron chi connectivity index (χ4n) is 2.98. The van der Waals surface area contributed by atoms with Gasteiger partial charge in [-0.1, -0.05) is 34.1 Å². The Morgan fingerprint density at radius 1 is 1.31 bits per heavy atom. The molecule has 4 amide bonds. The highest BCUT2D eigenvalue weighted by molar-refractivity contribution is 9.10. The summed E-state index contributed by atoms with van der Waals surface area (Å²) in [5, 5.41) is 15.8. The summed E-state index contributed by atoms with van der Waals surface area (Å²) in [6.07, 6.45) is 0. The van der Waals surface area contributed by atoms with Gasteiger partial charge in [0.05, 0.1) is 11.0 Å². The number of anilines is 1. The fraction of sp³-hybridized carbons (Fsp3) is 0.167. The van der Waals surface area contributed by atoms with Crippen LogP contribution >= 0.6 is 15.9 Å². The molecule has 150 valence electrons. The van der Waals surface area contributed by atoms with Gasteiger partial charge >= 0.3 is 6.03 Å². The summed E-state index contributed by atoms with van der Waals surface area (Å²) in [6, 6.07) is 8.68. The van der Waals surface area contributed by atoms with Gasteiger partial charge in [0.2, 0.25) is 5.91 Å². The van der Waals surface area contributed by atoms with Gasteiger partial charge in [0.1, 0.15) is 23.6 Å². The summed E-state index contributed by atoms with van der Waals surface area (Å²) >= 11 is 3.34. The molecule has 0 spiro atoms. The largest absolute Gasteiger partial charge is 0.325 e. The van der Waals surface area contributed by atoms with Gasteiger partial charge in [-0.05, 0) is 25.1 Å². The molecule has 0 aromatic heterocycles. The van der Waals surface area contributed by atoms with Crippen molar-refractivity contribution in [1.82, 2.24) is 10.2 Å². The zero-order valence-corrected chi connectivity index (χ0v) is 16.5. The Labute approximate surface area is 172 Å². The molecule has 1 atom stereocenters. The Balaban J connectivity index is 1.80. The lowest BCUT2D eigenvalue weighted by Gasteiger charge is -2.23. The summed E-state index contributed by atoms with van der Waals surface area (Å²) in [5.74, 6) is -2.34. The number of hydrogen-bond donors (Lipinski definition) is 2. The van der Waals surface area contributed by atoms with Crippen molar-refractivity contribution < 1.29 is 23.7 Å². The summed E-state index contributed by atoms with van der Waals surface area (Å²) in [6.45, 7) is 0.843. The molecule has 1 aliphatic rings. The molecule has 0 saturated carbocycles. The Morgan fingerprint density at radius 3 is 2.66 bits per heavy atom. The van der Waals surface area contributed by atoms with Crippen molar-refractivity contribution in [1.29, 1.82) is 0 Å². The molecule has 29 heavy (non-hydrogen) atoms. The Morgan fingerprint density at radius 2 is 2.00 bits per heavy atom. The summed E-state index contributed by atoms with van der Waals surface area (Å²) < 4.78 is 13.8. The van der Waals surface area contributed by atoms with E-state index in [1.54, 1.807) is 24.3 Å². The van der Waals surface area contributed by atoms with Crippen molar-refractivity contribution in [2.75, 3.05) is 11.9 Å². The number of hydrogen-bond acceptors (Lipinski definition) is 5. The molecule has 2 N–H and O–H groups in total. The number of urea groups is 1. The molecule has 2 aromatic rings. The molecule has 0 radical (unpaired) electrons. The normalized spacial score (nSPS) is 18.5. The minimum atomic E-state index is -1.39. The number of halogens is 2. The van der Waals surface area contributed by atoms with E-state index in [9.17, 15) is 28.9 Å². The second-order valence-corrected chi connectivity index (χ2v) is 7.25. The van der Waals surface area contributed by atoms with Crippen LogP contribution in [-0.4, -0.2) is 34.2 Å². The summed E-state index contributed by atoms with van der Waals surface area (Å²) in [7, 11) is 0. The molecule has 0 unspecified atom stereocenters. The molecule has 1 saturated heterocycles. The fourth-order valence-corrected chi connectivity index (χ4v) is 3.67. The number of carbonyl (C=O) groups is 3. The number of nitro benzene ring substituents is 1. The highest BCUT2D eigenvalue weighted by atomic mass is 79.9. The minimum Gasteiger partial charge on any atom is -0.319 e. The Kier molecular flexibility index (Phi) is 5.33. The zero-order chi connectivity index (χ0) is 21.3. The van der Waals surface area contributed by atoms with Crippen LogP contribution < -0.4 is 10.6 Å². The van der Waals surface area contributed by atoms with Gasteiger partial charge in [-0.2, -0.15) is 0 Å². The predicted molar refractivity (Wildman–Crippen MR) is 103 cm³/mol. The lowest BCUT2D eigenvalue weighted by Crippen LogP contribution is -2.42. The molecule has 0 aliphatic carbocycles. The first-order valence-corrected chi connectivity index (χ1v) is 9.05. The third-order valence-electron chi connectivity index (χ3n) is 4.42. The summed E-state index contributed by atoms with van der Waals surface area (Å²) in [4.78, 5) is 48.4. The van der Waals surface area contributed by atoms with Crippen molar-refractivity contribution in [2.45, 2.75) is 12.5 Å². The lowest BCUT2D eigenvalue weighted by molar-refractivity contribution is -0.384. The van der Waals surface area contributed by atoms with E-state index < -0.39 is 46.4 Å². The van der Waals surface area contributed by atoms with E-state index in [0.717, 1.165) is 12.1 Å². The Bertz CT molecular complexity index is 1050. The van der Waals surface area contributed by atoms with Gasteiger partial charge in [-0.25, -0.2) is 9.18 Å². The maximum Gasteiger partial charge on any atom is 0.325 e. The van der Waals surface area contributed by atoms with E-state index in [-0.39, 0.29) is 5.69 Å². The third-order valence-corrected chi connectivity index (χ3v) is 5.11. The van der Waals surface area contributed by atoms with Crippen LogP contribution in [0.5, 0.6) is 0 Å². The first kappa shape index (κ1) is 20.4. The maximum atomic E-state index is 13.2. The van der Waals surface area contributed by atoms with Crippen molar-refractivity contribution in [3.8, 4) is 0 Å². The smallest absolute Gasteiger partial charge is 0.319 e. The number of imide groups is 1. The molecule has 1 aliphatic heterocycles. The molecule has 3 rings (SSSR count). The van der Waals surface area contributed by atoms with E-state index >= 15 is 0 Å². The van der Waals surface area contributed by atoms with E-state index in [1.807, 2.05) is 0 Å². The minimum absolute atomic E-state index is 0.248. The monoisotopic (exact) mass is 464 g/mol. The number of nitrogens with one attached hydrogen (secondary N) is 2. The van der Waals surface area contributed by atoms with Gasteiger partial charge in [-0.15, -0.1) is 0 Å². The van der Waals surface area contributed by atoms with Crippen LogP contribution in [0.15, 0.2) is 46.9 Å². The molecule has 2 aromatic carbocycles. The third kappa shape index (κ3) is 3.81. The SMILES string of the molecule is C[C@@]1(c2ccccc2Br)NC(=O)N(CC(=O)Nc2ccc(F)cc2[N+](=O)[O-])C1=O. The summed E-state index contributed by atoms with van der Waals surface area (Å²) in [5.41, 5.74) is -1.77. The molecular weight excluding hydrogens is 451 g/mol. The molecule has 1 heterocycles. The number of rotatable bonds is 5. The highest BCUT2D eigenvalue weighted by Gasteiger charge is 2.50. The van der Waals surface area contributed by atoms with Crippen molar-refractivity contribution in [3.63, 3.8) is 0 Å². The van der Waals surface area contributed by atoms with Crippen molar-refractivity contribution in [3.05, 3.63) is 68.4 Å². The van der Waals surface area contributed by atoms with Crippen LogP contribution in [0.3, 0.4) is 0 Å². The van der Waals surface area contributed by atoms with Gasteiger partial charge < -0.3 is 10.6 Å². The zero-order valence-electron chi connectivity index (χ0n) is 14.9. The van der Waals surface area contributed by atoms with Crippen LogP contribution in [0.2, 0.25) is 0 Å². The second-order valence-electron chi connectivity index (χ2n) is 6.39. The molecular formula is C18H14BrFN4O5. The van der Waals surface area contributed by atoms with E-state index in [4.69, 9.17) is 0 Å². The average Bonchev–Trinajstić information content (AvgIpc) is 2.87. The number of nitro groups is 1. The Hall–Kier alpha value is -3.34. The van der Waals surface area contributed by atoms with Crippen molar-refractivity contribution >= 4 is 45.2 Å².